The van der Waals surface area contributed by atoms with Crippen LogP contribution in [0.1, 0.15) is 28.4 Å². The third-order valence-electron chi connectivity index (χ3n) is 3.91. The minimum atomic E-state index is -4.44. The number of alkyl halides is 3. The Morgan fingerprint density at radius 1 is 1.17 bits per heavy atom. The summed E-state index contributed by atoms with van der Waals surface area (Å²) >= 11 is 0. The predicted molar refractivity (Wildman–Crippen MR) is 82.2 cm³/mol. The van der Waals surface area contributed by atoms with Gasteiger partial charge in [0.2, 0.25) is 0 Å². The SMILES string of the molecule is NCC(O)c1ccccc1-c1cc(C(F)(F)F)cc2c1C=NC2. The molecular weight excluding hydrogens is 305 g/mol. The average Bonchev–Trinajstić information content (AvgIpc) is 3.01. The summed E-state index contributed by atoms with van der Waals surface area (Å²) in [5, 5.41) is 10.1. The van der Waals surface area contributed by atoms with Crippen LogP contribution >= 0.6 is 0 Å². The number of hydrogen-bond donors (Lipinski definition) is 2. The van der Waals surface area contributed by atoms with Crippen molar-refractivity contribution in [2.45, 2.75) is 18.8 Å². The van der Waals surface area contributed by atoms with Crippen molar-refractivity contribution in [2.75, 3.05) is 6.54 Å². The Kier molecular flexibility index (Phi) is 3.95. The number of nitrogens with two attached hydrogens (primary N) is 1. The van der Waals surface area contributed by atoms with E-state index in [1.165, 1.54) is 0 Å². The van der Waals surface area contributed by atoms with E-state index >= 15 is 0 Å². The van der Waals surface area contributed by atoms with Crippen molar-refractivity contribution in [1.29, 1.82) is 0 Å². The third kappa shape index (κ3) is 2.87. The highest BCUT2D eigenvalue weighted by atomic mass is 19.4. The first-order chi connectivity index (χ1) is 10.9. The number of fused-ring (bicyclic) bond motifs is 1. The number of benzene rings is 2. The van der Waals surface area contributed by atoms with Gasteiger partial charge in [-0.1, -0.05) is 24.3 Å². The first-order valence-corrected chi connectivity index (χ1v) is 7.13. The van der Waals surface area contributed by atoms with Gasteiger partial charge >= 0.3 is 6.18 Å². The number of aliphatic imine (C=N–C) groups is 1. The Morgan fingerprint density at radius 3 is 2.61 bits per heavy atom. The van der Waals surface area contributed by atoms with Crippen molar-refractivity contribution in [3.63, 3.8) is 0 Å². The van der Waals surface area contributed by atoms with E-state index in [1.54, 1.807) is 30.5 Å². The van der Waals surface area contributed by atoms with Crippen LogP contribution in [0.4, 0.5) is 13.2 Å². The van der Waals surface area contributed by atoms with Crippen molar-refractivity contribution in [3.8, 4) is 11.1 Å². The van der Waals surface area contributed by atoms with E-state index in [-0.39, 0.29) is 13.1 Å². The van der Waals surface area contributed by atoms with Gasteiger partial charge in [0.25, 0.3) is 0 Å². The third-order valence-corrected chi connectivity index (χ3v) is 3.91. The van der Waals surface area contributed by atoms with Crippen LogP contribution in [0, 0.1) is 0 Å². The molecule has 23 heavy (non-hydrogen) atoms. The van der Waals surface area contributed by atoms with E-state index < -0.39 is 17.8 Å². The lowest BCUT2D eigenvalue weighted by Crippen LogP contribution is -2.13. The lowest BCUT2D eigenvalue weighted by molar-refractivity contribution is -0.137. The molecule has 1 aliphatic heterocycles. The minimum Gasteiger partial charge on any atom is -0.387 e. The van der Waals surface area contributed by atoms with Gasteiger partial charge < -0.3 is 10.8 Å². The summed E-state index contributed by atoms with van der Waals surface area (Å²) in [6.45, 7) is 0.222. The van der Waals surface area contributed by atoms with Crippen LogP contribution in [0.5, 0.6) is 0 Å². The quantitative estimate of drug-likeness (QED) is 0.911. The van der Waals surface area contributed by atoms with Gasteiger partial charge in [0.15, 0.2) is 0 Å². The lowest BCUT2D eigenvalue weighted by Gasteiger charge is -2.18. The molecule has 3 nitrogen and oxygen atoms in total. The second-order valence-corrected chi connectivity index (χ2v) is 5.40. The van der Waals surface area contributed by atoms with Gasteiger partial charge in [-0.05, 0) is 34.4 Å². The van der Waals surface area contributed by atoms with Crippen molar-refractivity contribution in [2.24, 2.45) is 10.7 Å². The van der Waals surface area contributed by atoms with Crippen LogP contribution in [-0.4, -0.2) is 17.9 Å². The number of nitrogens with zero attached hydrogens (tertiary/aromatic N) is 1. The van der Waals surface area contributed by atoms with E-state index in [1.807, 2.05) is 0 Å². The molecule has 2 aromatic rings. The molecule has 0 aromatic heterocycles. The Hall–Kier alpha value is -2.18. The highest BCUT2D eigenvalue weighted by Gasteiger charge is 2.33. The van der Waals surface area contributed by atoms with Crippen LogP contribution in [0.2, 0.25) is 0 Å². The second kappa shape index (κ2) is 5.79. The molecule has 3 N–H and O–H groups in total. The molecule has 0 saturated heterocycles. The Labute approximate surface area is 131 Å². The van der Waals surface area contributed by atoms with Crippen molar-refractivity contribution < 1.29 is 18.3 Å². The zero-order chi connectivity index (χ0) is 16.6. The summed E-state index contributed by atoms with van der Waals surface area (Å²) in [6.07, 6.45) is -3.79. The number of aliphatic hydroxyl groups excluding tert-OH is 1. The van der Waals surface area contributed by atoms with Crippen LogP contribution in [0.25, 0.3) is 11.1 Å². The first kappa shape index (κ1) is 15.7. The molecule has 3 rings (SSSR count). The minimum absolute atomic E-state index is 0.00768. The zero-order valence-corrected chi connectivity index (χ0v) is 12.1. The highest BCUT2D eigenvalue weighted by molar-refractivity contribution is 5.95. The summed E-state index contributed by atoms with van der Waals surface area (Å²) in [4.78, 5) is 4.08. The number of hydrogen-bond acceptors (Lipinski definition) is 3. The molecule has 1 unspecified atom stereocenters. The smallest absolute Gasteiger partial charge is 0.387 e. The zero-order valence-electron chi connectivity index (χ0n) is 12.1. The lowest BCUT2D eigenvalue weighted by atomic mass is 9.90. The standard InChI is InChI=1S/C17H15F3N2O/c18-17(19,20)11-5-10-8-22-9-15(10)14(6-11)12-3-1-2-4-13(12)16(23)7-21/h1-6,9,16,23H,7-8,21H2. The van der Waals surface area contributed by atoms with Gasteiger partial charge in [0, 0.05) is 18.3 Å². The van der Waals surface area contributed by atoms with Crippen molar-refractivity contribution in [3.05, 3.63) is 58.7 Å². The number of rotatable bonds is 3. The van der Waals surface area contributed by atoms with Gasteiger partial charge in [0.05, 0.1) is 18.2 Å². The van der Waals surface area contributed by atoms with Gasteiger partial charge in [-0.25, -0.2) is 0 Å². The van der Waals surface area contributed by atoms with E-state index in [9.17, 15) is 18.3 Å². The van der Waals surface area contributed by atoms with Crippen LogP contribution < -0.4 is 5.73 Å². The fourth-order valence-corrected chi connectivity index (χ4v) is 2.78. The van der Waals surface area contributed by atoms with Gasteiger partial charge in [-0.3, -0.25) is 4.99 Å². The molecule has 120 valence electrons. The maximum absolute atomic E-state index is 13.2. The average molecular weight is 320 g/mol. The summed E-state index contributed by atoms with van der Waals surface area (Å²) in [7, 11) is 0. The van der Waals surface area contributed by atoms with Gasteiger partial charge in [-0.15, -0.1) is 0 Å². The molecule has 6 heteroatoms. The number of halogens is 3. The fourth-order valence-electron chi connectivity index (χ4n) is 2.78. The molecule has 0 saturated carbocycles. The van der Waals surface area contributed by atoms with Gasteiger partial charge in [0.1, 0.15) is 0 Å². The Balaban J connectivity index is 2.25. The molecule has 0 radical (unpaired) electrons. The molecule has 1 atom stereocenters. The summed E-state index contributed by atoms with van der Waals surface area (Å²) in [5.74, 6) is 0. The summed E-state index contributed by atoms with van der Waals surface area (Å²) < 4.78 is 39.5. The van der Waals surface area contributed by atoms with E-state index in [4.69, 9.17) is 5.73 Å². The summed E-state index contributed by atoms with van der Waals surface area (Å²) in [5.41, 5.74) is 7.46. The maximum Gasteiger partial charge on any atom is 0.416 e. The molecule has 0 spiro atoms. The van der Waals surface area contributed by atoms with Crippen molar-refractivity contribution >= 4 is 6.21 Å². The van der Waals surface area contributed by atoms with E-state index in [0.29, 0.717) is 27.8 Å². The van der Waals surface area contributed by atoms with Gasteiger partial charge in [-0.2, -0.15) is 13.2 Å². The van der Waals surface area contributed by atoms with E-state index in [0.717, 1.165) is 12.1 Å². The molecule has 2 aromatic carbocycles. The van der Waals surface area contributed by atoms with Crippen LogP contribution in [0.15, 0.2) is 41.4 Å². The van der Waals surface area contributed by atoms with E-state index in [2.05, 4.69) is 4.99 Å². The van der Waals surface area contributed by atoms with Crippen LogP contribution in [0.3, 0.4) is 0 Å². The predicted octanol–water partition coefficient (Wildman–Crippen LogP) is 3.30. The fraction of sp³-hybridized carbons (Fsp3) is 0.235. The normalized spacial score (nSPS) is 14.8. The van der Waals surface area contributed by atoms with Crippen LogP contribution in [-0.2, 0) is 12.7 Å². The molecule has 0 amide bonds. The summed E-state index contributed by atoms with van der Waals surface area (Å²) in [6, 6.07) is 9.05. The first-order valence-electron chi connectivity index (χ1n) is 7.13. The second-order valence-electron chi connectivity index (χ2n) is 5.40. The number of aliphatic hydroxyl groups is 1. The topological polar surface area (TPSA) is 58.6 Å². The Bertz CT molecular complexity index is 769. The highest BCUT2D eigenvalue weighted by Crippen LogP contribution is 2.39. The molecule has 0 aliphatic carbocycles. The molecule has 0 bridgehead atoms. The van der Waals surface area contributed by atoms with Crippen molar-refractivity contribution in [1.82, 2.24) is 0 Å². The Morgan fingerprint density at radius 2 is 1.91 bits per heavy atom. The molecule has 1 heterocycles. The maximum atomic E-state index is 13.2. The molecular formula is C17H15F3N2O. The molecule has 1 aliphatic rings. The molecule has 0 fully saturated rings. The largest absolute Gasteiger partial charge is 0.416 e. The monoisotopic (exact) mass is 320 g/mol.